The van der Waals surface area contributed by atoms with Gasteiger partial charge in [0.2, 0.25) is 0 Å². The largest absolute Gasteiger partial charge is 0.314 e. The highest BCUT2D eigenvalue weighted by Gasteiger charge is 2.43. The molecule has 0 aliphatic carbocycles. The Morgan fingerprint density at radius 3 is 1.22 bits per heavy atom. The molecule has 1 unspecified atom stereocenters. The van der Waals surface area contributed by atoms with Gasteiger partial charge in [0.1, 0.15) is 7.14 Å². The van der Waals surface area contributed by atoms with E-state index in [1.54, 1.807) is 0 Å². The molecule has 0 fully saturated rings. The Morgan fingerprint density at radius 2 is 0.838 bits per heavy atom. The number of rotatable bonds is 8. The van der Waals surface area contributed by atoms with E-state index in [0.717, 1.165) is 32.3 Å². The molecule has 0 saturated heterocycles. The van der Waals surface area contributed by atoms with Gasteiger partial charge in [-0.3, -0.25) is 0 Å². The maximum atomic E-state index is 15.6. The van der Waals surface area contributed by atoms with E-state index < -0.39 is 19.9 Å². The van der Waals surface area contributed by atoms with Crippen LogP contribution >= 0.6 is 14.3 Å². The van der Waals surface area contributed by atoms with Crippen LogP contribution in [-0.4, -0.2) is 6.16 Å². The first-order valence-electron chi connectivity index (χ1n) is 12.5. The molecule has 0 spiro atoms. The second kappa shape index (κ2) is 10.9. The SMILES string of the molecule is Cc1ccc(C(CP(=O)(c2ccccc2)c2ccccc2)P(=O)(c2ccccc2)c2ccccc2)cc1. The molecule has 4 heteroatoms. The van der Waals surface area contributed by atoms with E-state index in [9.17, 15) is 0 Å². The molecule has 5 rings (SSSR count). The van der Waals surface area contributed by atoms with Gasteiger partial charge in [-0.15, -0.1) is 0 Å². The average Bonchev–Trinajstić information content (AvgIpc) is 2.98. The summed E-state index contributed by atoms with van der Waals surface area (Å²) in [5, 5.41) is 3.12. The molecule has 0 aliphatic rings. The molecule has 0 aromatic heterocycles. The predicted octanol–water partition coefficient (Wildman–Crippen LogP) is 7.06. The Labute approximate surface area is 219 Å². The summed E-state index contributed by atoms with van der Waals surface area (Å²) in [4.78, 5) is 0. The van der Waals surface area contributed by atoms with Gasteiger partial charge in [-0.05, 0) is 12.5 Å². The quantitative estimate of drug-likeness (QED) is 0.205. The third-order valence-corrected chi connectivity index (χ3v) is 13.9. The van der Waals surface area contributed by atoms with E-state index in [2.05, 4.69) is 24.3 Å². The van der Waals surface area contributed by atoms with Crippen molar-refractivity contribution in [1.29, 1.82) is 0 Å². The summed E-state index contributed by atoms with van der Waals surface area (Å²) in [6.45, 7) is 2.05. The van der Waals surface area contributed by atoms with Crippen LogP contribution in [-0.2, 0) is 9.13 Å². The van der Waals surface area contributed by atoms with Crippen molar-refractivity contribution in [2.24, 2.45) is 0 Å². The molecule has 0 aliphatic heterocycles. The lowest BCUT2D eigenvalue weighted by Crippen LogP contribution is -2.27. The summed E-state index contributed by atoms with van der Waals surface area (Å²) in [6.07, 6.45) is 0.255. The van der Waals surface area contributed by atoms with Crippen LogP contribution in [0.1, 0.15) is 16.8 Å². The lowest BCUT2D eigenvalue weighted by atomic mass is 10.1. The molecule has 184 valence electrons. The lowest BCUT2D eigenvalue weighted by Gasteiger charge is -2.32. The standard InChI is InChI=1S/C33H30O2P2/c1-27-22-24-28(25-23-27)33(37(35,31-18-10-4-11-19-31)32-20-12-5-13-21-32)26-36(34,29-14-6-2-7-15-29)30-16-8-3-9-17-30/h2-25,33H,26H2,1H3. The maximum absolute atomic E-state index is 15.6. The molecule has 2 nitrogen and oxygen atoms in total. The molecule has 5 aromatic rings. The second-order valence-electron chi connectivity index (χ2n) is 9.35. The summed E-state index contributed by atoms with van der Waals surface area (Å²) in [7, 11) is -6.45. The Kier molecular flexibility index (Phi) is 7.43. The van der Waals surface area contributed by atoms with Crippen molar-refractivity contribution in [1.82, 2.24) is 0 Å². The number of aryl methyl sites for hydroxylation is 1. The first-order chi connectivity index (χ1) is 18.0. The first kappa shape index (κ1) is 25.2. The van der Waals surface area contributed by atoms with E-state index in [1.165, 1.54) is 0 Å². The smallest absolute Gasteiger partial charge is 0.150 e. The zero-order valence-electron chi connectivity index (χ0n) is 20.9. The Balaban J connectivity index is 1.78. The van der Waals surface area contributed by atoms with Gasteiger partial charge in [0.15, 0.2) is 7.14 Å². The van der Waals surface area contributed by atoms with Gasteiger partial charge in [0, 0.05) is 27.4 Å². The van der Waals surface area contributed by atoms with Crippen molar-refractivity contribution < 1.29 is 9.13 Å². The zero-order chi connectivity index (χ0) is 25.7. The third-order valence-electron chi connectivity index (χ3n) is 6.96. The third kappa shape index (κ3) is 5.05. The van der Waals surface area contributed by atoms with Crippen LogP contribution in [0.15, 0.2) is 146 Å². The molecule has 1 atom stereocenters. The fourth-order valence-corrected chi connectivity index (χ4v) is 12.1. The lowest BCUT2D eigenvalue weighted by molar-refractivity contribution is 0.574. The molecular weight excluding hydrogens is 490 g/mol. The summed E-state index contributed by atoms with van der Waals surface area (Å²) in [6, 6.07) is 47.0. The highest BCUT2D eigenvalue weighted by atomic mass is 31.2. The van der Waals surface area contributed by atoms with Crippen LogP contribution in [0.2, 0.25) is 0 Å². The van der Waals surface area contributed by atoms with E-state index >= 15 is 9.13 Å². The number of hydrogen-bond donors (Lipinski definition) is 0. The molecule has 0 N–H and O–H groups in total. The molecule has 0 saturated carbocycles. The van der Waals surface area contributed by atoms with E-state index in [4.69, 9.17) is 0 Å². The van der Waals surface area contributed by atoms with Crippen LogP contribution in [0, 0.1) is 6.92 Å². The average molecular weight is 521 g/mol. The highest BCUT2D eigenvalue weighted by Crippen LogP contribution is 2.62. The zero-order valence-corrected chi connectivity index (χ0v) is 22.6. The van der Waals surface area contributed by atoms with Crippen molar-refractivity contribution in [3.8, 4) is 0 Å². The summed E-state index contributed by atoms with van der Waals surface area (Å²) >= 11 is 0. The fourth-order valence-electron chi connectivity index (χ4n) is 4.97. The monoisotopic (exact) mass is 520 g/mol. The molecule has 0 radical (unpaired) electrons. The molecule has 37 heavy (non-hydrogen) atoms. The molecule has 0 heterocycles. The number of benzene rings is 5. The van der Waals surface area contributed by atoms with Crippen molar-refractivity contribution >= 4 is 35.5 Å². The first-order valence-corrected chi connectivity index (χ1v) is 16.2. The van der Waals surface area contributed by atoms with Crippen molar-refractivity contribution in [3.05, 3.63) is 157 Å². The minimum absolute atomic E-state index is 0.255. The van der Waals surface area contributed by atoms with Crippen LogP contribution < -0.4 is 21.2 Å². The van der Waals surface area contributed by atoms with Crippen LogP contribution in [0.4, 0.5) is 0 Å². The Morgan fingerprint density at radius 1 is 0.486 bits per heavy atom. The van der Waals surface area contributed by atoms with Gasteiger partial charge in [0.05, 0.1) is 5.66 Å². The van der Waals surface area contributed by atoms with Gasteiger partial charge in [-0.1, -0.05) is 151 Å². The van der Waals surface area contributed by atoms with Crippen LogP contribution in [0.25, 0.3) is 0 Å². The fraction of sp³-hybridized carbons (Fsp3) is 0.0909. The maximum Gasteiger partial charge on any atom is 0.150 e. The van der Waals surface area contributed by atoms with Crippen LogP contribution in [0.5, 0.6) is 0 Å². The molecule has 5 aromatic carbocycles. The van der Waals surface area contributed by atoms with E-state index in [1.807, 2.05) is 128 Å². The molecule has 0 bridgehead atoms. The second-order valence-corrected chi connectivity index (χ2v) is 15.2. The van der Waals surface area contributed by atoms with Gasteiger partial charge in [-0.2, -0.15) is 0 Å². The van der Waals surface area contributed by atoms with Crippen molar-refractivity contribution in [3.63, 3.8) is 0 Å². The summed E-state index contributed by atoms with van der Waals surface area (Å²) in [5.41, 5.74) is 1.59. The molecule has 0 amide bonds. The van der Waals surface area contributed by atoms with E-state index in [-0.39, 0.29) is 6.16 Å². The van der Waals surface area contributed by atoms with Crippen molar-refractivity contribution in [2.45, 2.75) is 12.6 Å². The van der Waals surface area contributed by atoms with E-state index in [0.29, 0.717) is 0 Å². The van der Waals surface area contributed by atoms with Gasteiger partial charge in [0.25, 0.3) is 0 Å². The van der Waals surface area contributed by atoms with Crippen molar-refractivity contribution in [2.75, 3.05) is 6.16 Å². The summed E-state index contributed by atoms with van der Waals surface area (Å²) in [5.74, 6) is 0. The summed E-state index contributed by atoms with van der Waals surface area (Å²) < 4.78 is 30.9. The van der Waals surface area contributed by atoms with Crippen LogP contribution in [0.3, 0.4) is 0 Å². The highest BCUT2D eigenvalue weighted by molar-refractivity contribution is 7.82. The predicted molar refractivity (Wildman–Crippen MR) is 158 cm³/mol. The minimum atomic E-state index is -3.28. The number of hydrogen-bond acceptors (Lipinski definition) is 2. The topological polar surface area (TPSA) is 34.1 Å². The van der Waals surface area contributed by atoms with Gasteiger partial charge in [-0.25, -0.2) is 0 Å². The minimum Gasteiger partial charge on any atom is -0.314 e. The van der Waals surface area contributed by atoms with Gasteiger partial charge >= 0.3 is 0 Å². The Bertz CT molecular complexity index is 1450. The molecular formula is C33H30O2P2. The van der Waals surface area contributed by atoms with Gasteiger partial charge < -0.3 is 9.13 Å². The Hall–Kier alpha value is -3.44. The normalized spacial score (nSPS) is 12.7.